The van der Waals surface area contributed by atoms with Crippen molar-refractivity contribution in [2.75, 3.05) is 12.4 Å². The van der Waals surface area contributed by atoms with Gasteiger partial charge in [-0.25, -0.2) is 0 Å². The van der Waals surface area contributed by atoms with Gasteiger partial charge in [-0.05, 0) is 24.2 Å². The first kappa shape index (κ1) is 10.5. The van der Waals surface area contributed by atoms with Crippen LogP contribution in [0.3, 0.4) is 0 Å². The van der Waals surface area contributed by atoms with Crippen molar-refractivity contribution >= 4 is 15.9 Å². The molecule has 0 heterocycles. The van der Waals surface area contributed by atoms with E-state index in [-0.39, 0.29) is 0 Å². The number of alkyl halides is 1. The fourth-order valence-electron chi connectivity index (χ4n) is 2.20. The van der Waals surface area contributed by atoms with E-state index in [0.29, 0.717) is 11.5 Å². The molecule has 1 fully saturated rings. The lowest BCUT2D eigenvalue weighted by molar-refractivity contribution is 0.0287. The molecule has 1 aliphatic rings. The lowest BCUT2D eigenvalue weighted by Crippen LogP contribution is -2.32. The standard InChI is InChI=1S/C10H19BrO/c1-10(2,7-11)8-5-4-6-9(8)12-3/h8-9H,4-7H2,1-3H3. The first-order valence-electron chi connectivity index (χ1n) is 4.70. The minimum absolute atomic E-state index is 0.386. The van der Waals surface area contributed by atoms with Crippen LogP contribution in [0, 0.1) is 11.3 Å². The molecule has 2 atom stereocenters. The fraction of sp³-hybridized carbons (Fsp3) is 1.00. The van der Waals surface area contributed by atoms with Crippen LogP contribution in [0.25, 0.3) is 0 Å². The van der Waals surface area contributed by atoms with Gasteiger partial charge in [0.1, 0.15) is 0 Å². The summed E-state index contributed by atoms with van der Waals surface area (Å²) in [6, 6.07) is 0. The number of ether oxygens (including phenoxy) is 1. The third-order valence-electron chi connectivity index (χ3n) is 3.10. The van der Waals surface area contributed by atoms with Gasteiger partial charge in [0.15, 0.2) is 0 Å². The van der Waals surface area contributed by atoms with Gasteiger partial charge in [-0.3, -0.25) is 0 Å². The van der Waals surface area contributed by atoms with Crippen molar-refractivity contribution in [1.29, 1.82) is 0 Å². The summed E-state index contributed by atoms with van der Waals surface area (Å²) in [5.41, 5.74) is 0.386. The Kier molecular flexibility index (Phi) is 3.59. The van der Waals surface area contributed by atoms with E-state index in [1.807, 2.05) is 7.11 Å². The van der Waals surface area contributed by atoms with Gasteiger partial charge < -0.3 is 4.74 Å². The predicted molar refractivity (Wildman–Crippen MR) is 55.7 cm³/mol. The molecule has 0 saturated heterocycles. The molecule has 0 aromatic rings. The number of halogens is 1. The van der Waals surface area contributed by atoms with Crippen LogP contribution in [0.1, 0.15) is 33.1 Å². The lowest BCUT2D eigenvalue weighted by atomic mass is 9.78. The van der Waals surface area contributed by atoms with Crippen LogP contribution in [0.15, 0.2) is 0 Å². The Labute approximate surface area is 84.0 Å². The molecule has 0 aliphatic heterocycles. The number of hydrogen-bond donors (Lipinski definition) is 0. The second-order valence-electron chi connectivity index (χ2n) is 4.43. The molecular formula is C10H19BrO. The molecule has 2 unspecified atom stereocenters. The van der Waals surface area contributed by atoms with E-state index in [1.165, 1.54) is 19.3 Å². The summed E-state index contributed by atoms with van der Waals surface area (Å²) in [4.78, 5) is 0. The molecule has 12 heavy (non-hydrogen) atoms. The van der Waals surface area contributed by atoms with Crippen molar-refractivity contribution < 1.29 is 4.74 Å². The van der Waals surface area contributed by atoms with Crippen LogP contribution in [-0.2, 0) is 4.74 Å². The molecule has 2 heteroatoms. The van der Waals surface area contributed by atoms with Gasteiger partial charge in [-0.15, -0.1) is 0 Å². The second-order valence-corrected chi connectivity index (χ2v) is 4.99. The van der Waals surface area contributed by atoms with Crippen molar-refractivity contribution in [3.8, 4) is 0 Å². The van der Waals surface area contributed by atoms with E-state index >= 15 is 0 Å². The van der Waals surface area contributed by atoms with Gasteiger partial charge in [0.05, 0.1) is 6.10 Å². The third-order valence-corrected chi connectivity index (χ3v) is 4.55. The SMILES string of the molecule is COC1CCCC1C(C)(C)CBr. The van der Waals surface area contributed by atoms with Crippen molar-refractivity contribution in [3.63, 3.8) is 0 Å². The van der Waals surface area contributed by atoms with Crippen LogP contribution in [0.2, 0.25) is 0 Å². The lowest BCUT2D eigenvalue weighted by Gasteiger charge is -2.33. The van der Waals surface area contributed by atoms with E-state index < -0.39 is 0 Å². The molecule has 72 valence electrons. The smallest absolute Gasteiger partial charge is 0.0604 e. The minimum Gasteiger partial charge on any atom is -0.381 e. The first-order valence-corrected chi connectivity index (χ1v) is 5.82. The largest absolute Gasteiger partial charge is 0.381 e. The van der Waals surface area contributed by atoms with Gasteiger partial charge in [0.25, 0.3) is 0 Å². The van der Waals surface area contributed by atoms with E-state index in [2.05, 4.69) is 29.8 Å². The molecular weight excluding hydrogens is 216 g/mol. The van der Waals surface area contributed by atoms with Crippen LogP contribution in [0.5, 0.6) is 0 Å². The third kappa shape index (κ3) is 2.02. The highest BCUT2D eigenvalue weighted by Gasteiger charge is 2.38. The van der Waals surface area contributed by atoms with E-state index in [9.17, 15) is 0 Å². The first-order chi connectivity index (χ1) is 5.61. The summed E-state index contributed by atoms with van der Waals surface area (Å²) in [6.07, 6.45) is 4.41. The van der Waals surface area contributed by atoms with Crippen LogP contribution >= 0.6 is 15.9 Å². The molecule has 0 amide bonds. The fourth-order valence-corrected chi connectivity index (χ4v) is 2.62. The van der Waals surface area contributed by atoms with Gasteiger partial charge in [-0.2, -0.15) is 0 Å². The molecule has 0 bridgehead atoms. The number of methoxy groups -OCH3 is 1. The molecule has 0 spiro atoms. The molecule has 0 aromatic carbocycles. The van der Waals surface area contributed by atoms with Gasteiger partial charge in [-0.1, -0.05) is 36.2 Å². The van der Waals surface area contributed by atoms with Gasteiger partial charge in [0, 0.05) is 12.4 Å². The monoisotopic (exact) mass is 234 g/mol. The summed E-state index contributed by atoms with van der Waals surface area (Å²) in [6.45, 7) is 4.65. The maximum Gasteiger partial charge on any atom is 0.0604 e. The predicted octanol–water partition coefficient (Wildman–Crippen LogP) is 3.22. The quantitative estimate of drug-likeness (QED) is 0.682. The Morgan fingerprint density at radius 1 is 1.42 bits per heavy atom. The Bertz CT molecular complexity index is 145. The minimum atomic E-state index is 0.386. The summed E-state index contributed by atoms with van der Waals surface area (Å²) in [7, 11) is 1.84. The zero-order chi connectivity index (χ0) is 9.19. The van der Waals surface area contributed by atoms with Crippen LogP contribution in [0.4, 0.5) is 0 Å². The molecule has 1 saturated carbocycles. The average Bonchev–Trinajstić information content (AvgIpc) is 2.52. The van der Waals surface area contributed by atoms with Gasteiger partial charge >= 0.3 is 0 Å². The molecule has 1 rings (SSSR count). The zero-order valence-electron chi connectivity index (χ0n) is 8.27. The molecule has 0 aromatic heterocycles. The molecule has 1 nitrogen and oxygen atoms in total. The maximum atomic E-state index is 5.49. The van der Waals surface area contributed by atoms with Crippen LogP contribution < -0.4 is 0 Å². The zero-order valence-corrected chi connectivity index (χ0v) is 9.86. The molecule has 0 radical (unpaired) electrons. The van der Waals surface area contributed by atoms with Crippen molar-refractivity contribution in [2.45, 2.75) is 39.2 Å². The Morgan fingerprint density at radius 2 is 2.08 bits per heavy atom. The average molecular weight is 235 g/mol. The number of hydrogen-bond acceptors (Lipinski definition) is 1. The Balaban J connectivity index is 2.60. The number of rotatable bonds is 3. The highest BCUT2D eigenvalue weighted by Crippen LogP contribution is 2.41. The molecule has 0 N–H and O–H groups in total. The van der Waals surface area contributed by atoms with E-state index in [4.69, 9.17) is 4.74 Å². The molecule has 1 aliphatic carbocycles. The summed E-state index contributed by atoms with van der Waals surface area (Å²) >= 11 is 3.58. The maximum absolute atomic E-state index is 5.49. The highest BCUT2D eigenvalue weighted by molar-refractivity contribution is 9.09. The van der Waals surface area contributed by atoms with Crippen LogP contribution in [-0.4, -0.2) is 18.5 Å². The normalized spacial score (nSPS) is 31.0. The van der Waals surface area contributed by atoms with Gasteiger partial charge in [0.2, 0.25) is 0 Å². The van der Waals surface area contributed by atoms with Crippen molar-refractivity contribution in [2.24, 2.45) is 11.3 Å². The topological polar surface area (TPSA) is 9.23 Å². The highest BCUT2D eigenvalue weighted by atomic mass is 79.9. The summed E-state index contributed by atoms with van der Waals surface area (Å²) < 4.78 is 5.49. The summed E-state index contributed by atoms with van der Waals surface area (Å²) in [5, 5.41) is 1.07. The summed E-state index contributed by atoms with van der Waals surface area (Å²) in [5.74, 6) is 0.738. The Morgan fingerprint density at radius 3 is 2.58 bits per heavy atom. The van der Waals surface area contributed by atoms with Crippen molar-refractivity contribution in [3.05, 3.63) is 0 Å². The van der Waals surface area contributed by atoms with E-state index in [0.717, 1.165) is 11.2 Å². The van der Waals surface area contributed by atoms with Crippen molar-refractivity contribution in [1.82, 2.24) is 0 Å². The van der Waals surface area contributed by atoms with E-state index in [1.54, 1.807) is 0 Å². The Hall–Kier alpha value is 0.440. The second kappa shape index (κ2) is 4.10.